The Kier molecular flexibility index (Phi) is 3.97. The molecule has 2 N–H and O–H groups in total. The summed E-state index contributed by atoms with van der Waals surface area (Å²) in [5.74, 6) is 0.351. The van der Waals surface area contributed by atoms with Crippen LogP contribution >= 0.6 is 0 Å². The van der Waals surface area contributed by atoms with Crippen LogP contribution in [-0.2, 0) is 16.0 Å². The van der Waals surface area contributed by atoms with Crippen molar-refractivity contribution >= 4 is 5.97 Å². The Hall–Kier alpha value is -1.39. The molecule has 0 radical (unpaired) electrons. The van der Waals surface area contributed by atoms with Crippen molar-refractivity contribution in [2.45, 2.75) is 70.7 Å². The summed E-state index contributed by atoms with van der Waals surface area (Å²) in [7, 11) is 0. The highest BCUT2D eigenvalue weighted by molar-refractivity contribution is 5.66. The number of esters is 1. The highest BCUT2D eigenvalue weighted by Gasteiger charge is 2.64. The van der Waals surface area contributed by atoms with Crippen LogP contribution in [0.25, 0.3) is 0 Å². The second kappa shape index (κ2) is 5.82. The van der Waals surface area contributed by atoms with E-state index in [4.69, 9.17) is 4.74 Å². The monoisotopic (exact) mass is 344 g/mol. The fraction of sp³-hybridized carbons (Fsp3) is 0.667. The molecule has 0 saturated heterocycles. The SMILES string of the molecule is CC(=O)O[C@H]1[C@@H](O)[C@@H](O)C2C3CCc4cc(C)ccc4C3CC[C@@]21C. The fourth-order valence-corrected chi connectivity index (χ4v) is 6.13. The third-order valence-corrected chi connectivity index (χ3v) is 7.15. The van der Waals surface area contributed by atoms with Gasteiger partial charge in [-0.05, 0) is 61.5 Å². The molecule has 4 rings (SSSR count). The zero-order chi connectivity index (χ0) is 17.9. The number of carbonyl (C=O) groups excluding carboxylic acids is 1. The Morgan fingerprint density at radius 2 is 2.00 bits per heavy atom. The third-order valence-electron chi connectivity index (χ3n) is 7.15. The first kappa shape index (κ1) is 17.0. The lowest BCUT2D eigenvalue weighted by atomic mass is 9.55. The summed E-state index contributed by atoms with van der Waals surface area (Å²) in [4.78, 5) is 11.5. The van der Waals surface area contributed by atoms with Gasteiger partial charge in [0.25, 0.3) is 0 Å². The fourth-order valence-electron chi connectivity index (χ4n) is 6.13. The number of hydrogen-bond donors (Lipinski definition) is 2. The average molecular weight is 344 g/mol. The molecule has 0 heterocycles. The highest BCUT2D eigenvalue weighted by Crippen LogP contribution is 2.61. The van der Waals surface area contributed by atoms with Crippen molar-refractivity contribution in [2.75, 3.05) is 0 Å². The number of hydrogen-bond acceptors (Lipinski definition) is 4. The minimum Gasteiger partial charge on any atom is -0.459 e. The van der Waals surface area contributed by atoms with E-state index >= 15 is 0 Å². The van der Waals surface area contributed by atoms with Crippen LogP contribution in [0.3, 0.4) is 0 Å². The van der Waals surface area contributed by atoms with Crippen LogP contribution < -0.4 is 0 Å². The first-order valence-electron chi connectivity index (χ1n) is 9.45. The molecule has 25 heavy (non-hydrogen) atoms. The predicted molar refractivity (Wildman–Crippen MR) is 94.1 cm³/mol. The number of carbonyl (C=O) groups is 1. The van der Waals surface area contributed by atoms with Gasteiger partial charge in [0.15, 0.2) is 0 Å². The van der Waals surface area contributed by atoms with Gasteiger partial charge >= 0.3 is 5.97 Å². The minimum absolute atomic E-state index is 0.0277. The molecule has 0 spiro atoms. The first-order valence-corrected chi connectivity index (χ1v) is 9.45. The largest absolute Gasteiger partial charge is 0.459 e. The standard InChI is InChI=1S/C21H28O4/c1-11-4-6-14-13(10-11)5-7-16-15(14)8-9-21(3)17(16)18(23)19(24)20(21)25-12(2)22/h4,6,10,15-20,23-24H,5,7-9H2,1-3H3/t15?,16?,17?,18-,19-,20-,21-/m0/s1. The van der Waals surface area contributed by atoms with Crippen LogP contribution in [0.5, 0.6) is 0 Å². The molecule has 4 heteroatoms. The maximum atomic E-state index is 11.5. The van der Waals surface area contributed by atoms with Crippen molar-refractivity contribution in [3.8, 4) is 0 Å². The molecule has 2 fully saturated rings. The normalized spacial score (nSPS) is 42.3. The van der Waals surface area contributed by atoms with Gasteiger partial charge in [0.1, 0.15) is 12.2 Å². The van der Waals surface area contributed by atoms with Crippen LogP contribution in [-0.4, -0.2) is 34.5 Å². The maximum Gasteiger partial charge on any atom is 0.303 e. The summed E-state index contributed by atoms with van der Waals surface area (Å²) in [6.07, 6.45) is 1.50. The predicted octanol–water partition coefficient (Wildman–Crippen LogP) is 2.72. The Balaban J connectivity index is 1.70. The van der Waals surface area contributed by atoms with Crippen LogP contribution in [0.1, 0.15) is 55.7 Å². The molecule has 1 aromatic carbocycles. The zero-order valence-electron chi connectivity index (χ0n) is 15.2. The van der Waals surface area contributed by atoms with E-state index in [-0.39, 0.29) is 17.3 Å². The maximum absolute atomic E-state index is 11.5. The van der Waals surface area contributed by atoms with E-state index in [2.05, 4.69) is 32.0 Å². The number of fused-ring (bicyclic) bond motifs is 5. The van der Waals surface area contributed by atoms with Crippen molar-refractivity contribution in [1.29, 1.82) is 0 Å². The van der Waals surface area contributed by atoms with E-state index in [9.17, 15) is 15.0 Å². The third kappa shape index (κ3) is 2.45. The first-order chi connectivity index (χ1) is 11.8. The number of aliphatic hydroxyl groups is 2. The molecule has 4 nitrogen and oxygen atoms in total. The van der Waals surface area contributed by atoms with E-state index in [1.54, 1.807) is 0 Å². The van der Waals surface area contributed by atoms with E-state index in [0.717, 1.165) is 25.7 Å². The molecule has 136 valence electrons. The summed E-state index contributed by atoms with van der Waals surface area (Å²) in [6.45, 7) is 5.59. The molecule has 3 aliphatic rings. The smallest absolute Gasteiger partial charge is 0.303 e. The van der Waals surface area contributed by atoms with Gasteiger partial charge in [0, 0.05) is 12.3 Å². The molecule has 0 amide bonds. The lowest BCUT2D eigenvalue weighted by Crippen LogP contribution is -2.47. The Bertz CT molecular complexity index is 699. The van der Waals surface area contributed by atoms with Gasteiger partial charge in [-0.2, -0.15) is 0 Å². The Morgan fingerprint density at radius 3 is 2.72 bits per heavy atom. The molecule has 3 unspecified atom stereocenters. The summed E-state index contributed by atoms with van der Waals surface area (Å²) in [5.41, 5.74) is 3.80. The van der Waals surface area contributed by atoms with E-state index < -0.39 is 18.3 Å². The lowest BCUT2D eigenvalue weighted by molar-refractivity contribution is -0.161. The number of ether oxygens (including phenoxy) is 1. The second-order valence-electron chi connectivity index (χ2n) is 8.59. The Labute approximate surface area is 149 Å². The minimum atomic E-state index is -0.989. The number of benzene rings is 1. The van der Waals surface area contributed by atoms with Gasteiger partial charge in [0.2, 0.25) is 0 Å². The Morgan fingerprint density at radius 1 is 1.24 bits per heavy atom. The van der Waals surface area contributed by atoms with Gasteiger partial charge in [-0.15, -0.1) is 0 Å². The van der Waals surface area contributed by atoms with Gasteiger partial charge in [-0.3, -0.25) is 4.79 Å². The molecule has 2 saturated carbocycles. The number of aryl methyl sites for hydroxylation is 2. The summed E-state index contributed by atoms with van der Waals surface area (Å²) in [6, 6.07) is 6.73. The van der Waals surface area contributed by atoms with Gasteiger partial charge in [0.05, 0.1) is 6.10 Å². The molecule has 0 aliphatic heterocycles. The van der Waals surface area contributed by atoms with Crippen molar-refractivity contribution in [2.24, 2.45) is 17.3 Å². The van der Waals surface area contributed by atoms with Crippen LogP contribution in [0.4, 0.5) is 0 Å². The van der Waals surface area contributed by atoms with Crippen molar-refractivity contribution in [3.63, 3.8) is 0 Å². The number of rotatable bonds is 1. The molecule has 0 bridgehead atoms. The topological polar surface area (TPSA) is 66.8 Å². The van der Waals surface area contributed by atoms with Gasteiger partial charge < -0.3 is 14.9 Å². The van der Waals surface area contributed by atoms with E-state index in [0.29, 0.717) is 11.8 Å². The molecule has 1 aromatic rings. The second-order valence-corrected chi connectivity index (χ2v) is 8.59. The molecule has 7 atom stereocenters. The zero-order valence-corrected chi connectivity index (χ0v) is 15.2. The molecular formula is C21H28O4. The van der Waals surface area contributed by atoms with Crippen LogP contribution in [0, 0.1) is 24.2 Å². The van der Waals surface area contributed by atoms with Crippen LogP contribution in [0.2, 0.25) is 0 Å². The number of aliphatic hydroxyl groups excluding tert-OH is 2. The van der Waals surface area contributed by atoms with Crippen LogP contribution in [0.15, 0.2) is 18.2 Å². The van der Waals surface area contributed by atoms with Crippen molar-refractivity contribution in [3.05, 3.63) is 34.9 Å². The lowest BCUT2D eigenvalue weighted by Gasteiger charge is -2.50. The van der Waals surface area contributed by atoms with E-state index in [1.807, 2.05) is 0 Å². The van der Waals surface area contributed by atoms with E-state index in [1.165, 1.54) is 23.6 Å². The molecule has 3 aliphatic carbocycles. The highest BCUT2D eigenvalue weighted by atomic mass is 16.6. The molecule has 0 aromatic heterocycles. The summed E-state index contributed by atoms with van der Waals surface area (Å²) >= 11 is 0. The van der Waals surface area contributed by atoms with Gasteiger partial charge in [-0.25, -0.2) is 0 Å². The summed E-state index contributed by atoms with van der Waals surface area (Å²) in [5, 5.41) is 21.4. The quantitative estimate of drug-likeness (QED) is 0.769. The molecular weight excluding hydrogens is 316 g/mol. The van der Waals surface area contributed by atoms with Crippen molar-refractivity contribution in [1.82, 2.24) is 0 Å². The average Bonchev–Trinajstić information content (AvgIpc) is 2.75. The van der Waals surface area contributed by atoms with Gasteiger partial charge in [-0.1, -0.05) is 30.7 Å². The van der Waals surface area contributed by atoms with Crippen molar-refractivity contribution < 1.29 is 19.7 Å². The summed E-state index contributed by atoms with van der Waals surface area (Å²) < 4.78 is 5.48.